The molecule has 2 amide bonds. The summed E-state index contributed by atoms with van der Waals surface area (Å²) < 4.78 is 45.7. The maximum Gasteiger partial charge on any atom is 0.418 e. The minimum atomic E-state index is -4.70. The summed E-state index contributed by atoms with van der Waals surface area (Å²) in [5, 5.41) is 7.57. The molecule has 1 fully saturated rings. The predicted octanol–water partition coefficient (Wildman–Crippen LogP) is 5.20. The van der Waals surface area contributed by atoms with Gasteiger partial charge < -0.3 is 25.3 Å². The summed E-state index contributed by atoms with van der Waals surface area (Å²) in [4.78, 5) is 26.6. The van der Waals surface area contributed by atoms with Gasteiger partial charge in [-0.25, -0.2) is 0 Å². The van der Waals surface area contributed by atoms with Crippen LogP contribution in [0.3, 0.4) is 0 Å². The number of furan rings is 1. The molecule has 0 bridgehead atoms. The van der Waals surface area contributed by atoms with Gasteiger partial charge in [-0.3, -0.25) is 9.59 Å². The summed E-state index contributed by atoms with van der Waals surface area (Å²) in [5.74, 6) is -1.19. The zero-order valence-corrected chi connectivity index (χ0v) is 18.1. The molecule has 10 heteroatoms. The van der Waals surface area contributed by atoms with Crippen molar-refractivity contribution in [1.29, 1.82) is 0 Å². The third kappa shape index (κ3) is 5.69. The molecular weight excluding hydrogens is 449 g/mol. The number of halogens is 3. The first-order chi connectivity index (χ1) is 16.3. The van der Waals surface area contributed by atoms with E-state index in [9.17, 15) is 22.8 Å². The Labute approximate surface area is 193 Å². The maximum absolute atomic E-state index is 13.6. The van der Waals surface area contributed by atoms with Gasteiger partial charge >= 0.3 is 6.18 Å². The number of hydrogen-bond donors (Lipinski definition) is 3. The summed E-state index contributed by atoms with van der Waals surface area (Å²) >= 11 is 0. The second kappa shape index (κ2) is 9.90. The molecule has 0 aliphatic carbocycles. The summed E-state index contributed by atoms with van der Waals surface area (Å²) in [6.07, 6.45) is -1.10. The van der Waals surface area contributed by atoms with Crippen molar-refractivity contribution in [2.24, 2.45) is 0 Å². The van der Waals surface area contributed by atoms with E-state index in [0.29, 0.717) is 5.69 Å². The van der Waals surface area contributed by atoms with Crippen molar-refractivity contribution in [3.05, 3.63) is 72.2 Å². The molecule has 0 radical (unpaired) electrons. The highest BCUT2D eigenvalue weighted by Gasteiger charge is 2.34. The van der Waals surface area contributed by atoms with Gasteiger partial charge in [-0.1, -0.05) is 0 Å². The number of hydrogen-bond acceptors (Lipinski definition) is 5. The smallest absolute Gasteiger partial charge is 0.418 e. The van der Waals surface area contributed by atoms with Gasteiger partial charge in [0.05, 0.1) is 18.4 Å². The van der Waals surface area contributed by atoms with E-state index in [2.05, 4.69) is 20.9 Å². The Balaban J connectivity index is 1.38. The molecule has 1 aromatic heterocycles. The van der Waals surface area contributed by atoms with Crippen LogP contribution in [-0.2, 0) is 11.0 Å². The standard InChI is InChI=1S/C24H23F3N4O3/c25-24(26,27)19-14-17(30-23(33)21-4-3-13-34-21)7-10-20(19)28-15-22(32)29-16-5-8-18(9-6-16)31-11-1-2-12-31/h3-10,13-14,28H,1-2,11-12,15H2,(H,29,32)(H,30,33). The Morgan fingerprint density at radius 3 is 2.29 bits per heavy atom. The third-order valence-electron chi connectivity index (χ3n) is 5.39. The second-order valence-corrected chi connectivity index (χ2v) is 7.83. The average Bonchev–Trinajstić information content (AvgIpc) is 3.53. The van der Waals surface area contributed by atoms with Crippen molar-refractivity contribution < 1.29 is 27.2 Å². The number of nitrogens with one attached hydrogen (secondary N) is 3. The van der Waals surface area contributed by atoms with E-state index in [1.54, 1.807) is 12.1 Å². The van der Waals surface area contributed by atoms with Gasteiger partial charge in [0.1, 0.15) is 0 Å². The van der Waals surface area contributed by atoms with Crippen LogP contribution in [0.2, 0.25) is 0 Å². The van der Waals surface area contributed by atoms with E-state index < -0.39 is 23.6 Å². The number of carbonyl (C=O) groups is 2. The van der Waals surface area contributed by atoms with Crippen molar-refractivity contribution in [3.63, 3.8) is 0 Å². The van der Waals surface area contributed by atoms with Crippen LogP contribution in [0.15, 0.2) is 65.3 Å². The van der Waals surface area contributed by atoms with Crippen LogP contribution in [-0.4, -0.2) is 31.4 Å². The minimum absolute atomic E-state index is 0.0270. The molecule has 1 saturated heterocycles. The third-order valence-corrected chi connectivity index (χ3v) is 5.39. The van der Waals surface area contributed by atoms with Crippen molar-refractivity contribution in [2.45, 2.75) is 19.0 Å². The fraction of sp³-hybridized carbons (Fsp3) is 0.250. The van der Waals surface area contributed by atoms with E-state index >= 15 is 0 Å². The lowest BCUT2D eigenvalue weighted by Crippen LogP contribution is -2.23. The molecule has 178 valence electrons. The van der Waals surface area contributed by atoms with Crippen LogP contribution in [0.5, 0.6) is 0 Å². The molecule has 0 unspecified atom stereocenters. The van der Waals surface area contributed by atoms with E-state index in [0.717, 1.165) is 37.7 Å². The summed E-state index contributed by atoms with van der Waals surface area (Å²) in [7, 11) is 0. The molecule has 2 heterocycles. The van der Waals surface area contributed by atoms with Gasteiger partial charge in [-0.2, -0.15) is 13.2 Å². The molecule has 7 nitrogen and oxygen atoms in total. The van der Waals surface area contributed by atoms with E-state index in [1.165, 1.54) is 30.5 Å². The molecule has 1 aliphatic heterocycles. The van der Waals surface area contributed by atoms with Gasteiger partial charge in [-0.05, 0) is 67.4 Å². The molecule has 0 atom stereocenters. The Kier molecular flexibility index (Phi) is 6.76. The number of nitrogens with zero attached hydrogens (tertiary/aromatic N) is 1. The number of alkyl halides is 3. The van der Waals surface area contributed by atoms with Crippen LogP contribution < -0.4 is 20.9 Å². The predicted molar refractivity (Wildman–Crippen MR) is 123 cm³/mol. The Morgan fingerprint density at radius 1 is 0.941 bits per heavy atom. The summed E-state index contributed by atoms with van der Waals surface area (Å²) in [5.41, 5.74) is 0.293. The molecule has 0 saturated carbocycles. The lowest BCUT2D eigenvalue weighted by atomic mass is 10.1. The van der Waals surface area contributed by atoms with Crippen LogP contribution in [0.4, 0.5) is 35.9 Å². The number of rotatable bonds is 7. The van der Waals surface area contributed by atoms with Crippen LogP contribution >= 0.6 is 0 Å². The first kappa shape index (κ1) is 23.2. The minimum Gasteiger partial charge on any atom is -0.459 e. The highest BCUT2D eigenvalue weighted by molar-refractivity contribution is 6.02. The quantitative estimate of drug-likeness (QED) is 0.440. The molecule has 3 aromatic rings. The number of amides is 2. The van der Waals surface area contributed by atoms with Crippen molar-refractivity contribution in [1.82, 2.24) is 0 Å². The highest BCUT2D eigenvalue weighted by atomic mass is 19.4. The van der Waals surface area contributed by atoms with Crippen molar-refractivity contribution >= 4 is 34.6 Å². The molecule has 1 aliphatic rings. The number of carbonyl (C=O) groups excluding carboxylic acids is 2. The van der Waals surface area contributed by atoms with Crippen LogP contribution in [0, 0.1) is 0 Å². The monoisotopic (exact) mass is 472 g/mol. The van der Waals surface area contributed by atoms with Gasteiger partial charge in [0.25, 0.3) is 5.91 Å². The molecule has 3 N–H and O–H groups in total. The molecule has 4 rings (SSSR count). The molecule has 0 spiro atoms. The zero-order chi connectivity index (χ0) is 24.1. The van der Waals surface area contributed by atoms with E-state index in [1.807, 2.05) is 12.1 Å². The van der Waals surface area contributed by atoms with Crippen molar-refractivity contribution in [2.75, 3.05) is 40.5 Å². The number of anilines is 4. The Morgan fingerprint density at radius 2 is 1.65 bits per heavy atom. The molecular formula is C24H23F3N4O3. The topological polar surface area (TPSA) is 86.6 Å². The Hall–Kier alpha value is -3.95. The molecule has 34 heavy (non-hydrogen) atoms. The zero-order valence-electron chi connectivity index (χ0n) is 18.1. The van der Waals surface area contributed by atoms with Gasteiger partial charge in [-0.15, -0.1) is 0 Å². The first-order valence-corrected chi connectivity index (χ1v) is 10.7. The summed E-state index contributed by atoms with van der Waals surface area (Å²) in [6.45, 7) is 1.64. The number of benzene rings is 2. The van der Waals surface area contributed by atoms with Crippen molar-refractivity contribution in [3.8, 4) is 0 Å². The van der Waals surface area contributed by atoms with Crippen LogP contribution in [0.25, 0.3) is 0 Å². The fourth-order valence-electron chi connectivity index (χ4n) is 3.72. The average molecular weight is 472 g/mol. The second-order valence-electron chi connectivity index (χ2n) is 7.83. The van der Waals surface area contributed by atoms with E-state index in [-0.39, 0.29) is 23.7 Å². The van der Waals surface area contributed by atoms with Crippen LogP contribution in [0.1, 0.15) is 29.0 Å². The lowest BCUT2D eigenvalue weighted by Gasteiger charge is -2.18. The van der Waals surface area contributed by atoms with Gasteiger partial charge in [0.15, 0.2) is 5.76 Å². The fourth-order valence-corrected chi connectivity index (χ4v) is 3.72. The highest BCUT2D eigenvalue weighted by Crippen LogP contribution is 2.36. The summed E-state index contributed by atoms with van der Waals surface area (Å²) in [6, 6.07) is 13.5. The Bertz CT molecular complexity index is 1140. The SMILES string of the molecule is O=C(CNc1ccc(NC(=O)c2ccco2)cc1C(F)(F)F)Nc1ccc(N2CCCC2)cc1. The maximum atomic E-state index is 13.6. The van der Waals surface area contributed by atoms with Gasteiger partial charge in [0.2, 0.25) is 5.91 Å². The normalized spacial score (nSPS) is 13.6. The van der Waals surface area contributed by atoms with Gasteiger partial charge in [0, 0.05) is 35.8 Å². The molecule has 2 aromatic carbocycles. The van der Waals surface area contributed by atoms with E-state index in [4.69, 9.17) is 4.42 Å². The first-order valence-electron chi connectivity index (χ1n) is 10.7. The lowest BCUT2D eigenvalue weighted by molar-refractivity contribution is -0.137. The largest absolute Gasteiger partial charge is 0.459 e.